The van der Waals surface area contributed by atoms with Crippen LogP contribution >= 0.6 is 0 Å². The Morgan fingerprint density at radius 2 is 2.11 bits per heavy atom. The monoisotopic (exact) mass is 253 g/mol. The zero-order valence-corrected chi connectivity index (χ0v) is 10.8. The van der Waals surface area contributed by atoms with Crippen LogP contribution in [0.5, 0.6) is 5.75 Å². The minimum Gasteiger partial charge on any atom is -0.494 e. The Hall–Kier alpha value is -1.59. The Bertz CT molecular complexity index is 368. The Morgan fingerprint density at radius 1 is 1.28 bits per heavy atom. The van der Waals surface area contributed by atoms with Crippen LogP contribution in [0.15, 0.2) is 24.3 Å². The van der Waals surface area contributed by atoms with Crippen molar-refractivity contribution in [1.29, 1.82) is 0 Å². The van der Waals surface area contributed by atoms with Crippen molar-refractivity contribution in [3.8, 4) is 5.75 Å². The molecule has 1 aromatic rings. The second kappa shape index (κ2) is 8.49. The quantitative estimate of drug-likeness (QED) is 0.567. The standard InChI is InChI=1S/C13H19NO4/c1-3-7-17-12-6-4-5-11(10-12)13(15)14-18-9-8-16-2/h4-6,10H,3,7-9H2,1-2H3,(H,14,15). The van der Waals surface area contributed by atoms with Crippen LogP contribution in [-0.2, 0) is 9.57 Å². The van der Waals surface area contributed by atoms with Gasteiger partial charge in [-0.15, -0.1) is 0 Å². The molecule has 1 amide bonds. The Kier molecular flexibility index (Phi) is 6.83. The van der Waals surface area contributed by atoms with E-state index in [1.165, 1.54) is 0 Å². The molecule has 0 radical (unpaired) electrons. The van der Waals surface area contributed by atoms with Crippen LogP contribution in [0.3, 0.4) is 0 Å². The molecule has 100 valence electrons. The van der Waals surface area contributed by atoms with Gasteiger partial charge >= 0.3 is 0 Å². The van der Waals surface area contributed by atoms with Crippen LogP contribution in [0.1, 0.15) is 23.7 Å². The van der Waals surface area contributed by atoms with Gasteiger partial charge in [0.1, 0.15) is 5.75 Å². The van der Waals surface area contributed by atoms with E-state index < -0.39 is 0 Å². The molecule has 1 aromatic carbocycles. The zero-order chi connectivity index (χ0) is 13.2. The van der Waals surface area contributed by atoms with Gasteiger partial charge in [-0.25, -0.2) is 5.48 Å². The van der Waals surface area contributed by atoms with Crippen molar-refractivity contribution in [2.24, 2.45) is 0 Å². The number of carbonyl (C=O) groups excluding carboxylic acids is 1. The minimum atomic E-state index is -0.298. The van der Waals surface area contributed by atoms with Crippen LogP contribution < -0.4 is 10.2 Å². The van der Waals surface area contributed by atoms with E-state index in [0.717, 1.165) is 6.42 Å². The molecule has 0 saturated heterocycles. The van der Waals surface area contributed by atoms with E-state index in [4.69, 9.17) is 14.3 Å². The normalized spacial score (nSPS) is 10.1. The molecule has 0 atom stereocenters. The molecule has 1 rings (SSSR count). The SMILES string of the molecule is CCCOc1cccc(C(=O)NOCCOC)c1. The third-order valence-corrected chi connectivity index (χ3v) is 2.12. The average molecular weight is 253 g/mol. The predicted molar refractivity (Wildman–Crippen MR) is 67.5 cm³/mol. The van der Waals surface area contributed by atoms with Crippen molar-refractivity contribution in [3.63, 3.8) is 0 Å². The number of rotatable bonds is 8. The largest absolute Gasteiger partial charge is 0.494 e. The third kappa shape index (κ3) is 5.16. The summed E-state index contributed by atoms with van der Waals surface area (Å²) >= 11 is 0. The number of benzene rings is 1. The van der Waals surface area contributed by atoms with E-state index in [1.54, 1.807) is 25.3 Å². The van der Waals surface area contributed by atoms with E-state index in [-0.39, 0.29) is 5.91 Å². The topological polar surface area (TPSA) is 56.8 Å². The molecule has 5 nitrogen and oxygen atoms in total. The summed E-state index contributed by atoms with van der Waals surface area (Å²) in [6.07, 6.45) is 0.927. The molecule has 0 saturated carbocycles. The summed E-state index contributed by atoms with van der Waals surface area (Å²) in [5.74, 6) is 0.384. The second-order valence-corrected chi connectivity index (χ2v) is 3.65. The number of methoxy groups -OCH3 is 1. The fraction of sp³-hybridized carbons (Fsp3) is 0.462. The molecule has 0 fully saturated rings. The van der Waals surface area contributed by atoms with Gasteiger partial charge in [-0.1, -0.05) is 13.0 Å². The van der Waals surface area contributed by atoms with Crippen LogP contribution in [0.4, 0.5) is 0 Å². The van der Waals surface area contributed by atoms with E-state index in [2.05, 4.69) is 5.48 Å². The smallest absolute Gasteiger partial charge is 0.274 e. The van der Waals surface area contributed by atoms with Crippen molar-refractivity contribution in [2.75, 3.05) is 26.9 Å². The van der Waals surface area contributed by atoms with Gasteiger partial charge in [0.25, 0.3) is 5.91 Å². The maximum Gasteiger partial charge on any atom is 0.274 e. The summed E-state index contributed by atoms with van der Waals surface area (Å²) in [6, 6.07) is 6.98. The number of hydroxylamine groups is 1. The van der Waals surface area contributed by atoms with Gasteiger partial charge in [-0.05, 0) is 24.6 Å². The highest BCUT2D eigenvalue weighted by atomic mass is 16.7. The Morgan fingerprint density at radius 3 is 2.83 bits per heavy atom. The fourth-order valence-electron chi connectivity index (χ4n) is 1.25. The number of hydrogen-bond acceptors (Lipinski definition) is 4. The lowest BCUT2D eigenvalue weighted by Crippen LogP contribution is -2.25. The molecule has 0 spiro atoms. The predicted octanol–water partition coefficient (Wildman–Crippen LogP) is 1.78. The molecule has 0 heterocycles. The lowest BCUT2D eigenvalue weighted by Gasteiger charge is -2.08. The summed E-state index contributed by atoms with van der Waals surface area (Å²) in [4.78, 5) is 16.6. The molecule has 0 unspecified atom stereocenters. The summed E-state index contributed by atoms with van der Waals surface area (Å²) in [7, 11) is 1.57. The molecule has 0 aromatic heterocycles. The molecule has 1 N–H and O–H groups in total. The van der Waals surface area contributed by atoms with E-state index in [0.29, 0.717) is 31.1 Å². The molecular weight excluding hydrogens is 234 g/mol. The van der Waals surface area contributed by atoms with Gasteiger partial charge in [-0.2, -0.15) is 0 Å². The zero-order valence-electron chi connectivity index (χ0n) is 10.8. The van der Waals surface area contributed by atoms with Crippen molar-refractivity contribution in [3.05, 3.63) is 29.8 Å². The van der Waals surface area contributed by atoms with Gasteiger partial charge in [0.15, 0.2) is 0 Å². The summed E-state index contributed by atoms with van der Waals surface area (Å²) in [5.41, 5.74) is 2.84. The van der Waals surface area contributed by atoms with Gasteiger partial charge in [0.05, 0.1) is 19.8 Å². The first-order valence-corrected chi connectivity index (χ1v) is 5.92. The van der Waals surface area contributed by atoms with Crippen LogP contribution in [0, 0.1) is 0 Å². The minimum absolute atomic E-state index is 0.298. The highest BCUT2D eigenvalue weighted by Gasteiger charge is 2.06. The maximum absolute atomic E-state index is 11.7. The fourth-order valence-corrected chi connectivity index (χ4v) is 1.25. The van der Waals surface area contributed by atoms with Gasteiger partial charge in [0, 0.05) is 12.7 Å². The number of nitrogens with one attached hydrogen (secondary N) is 1. The summed E-state index contributed by atoms with van der Waals surface area (Å²) in [6.45, 7) is 3.41. The first kappa shape index (κ1) is 14.5. The lowest BCUT2D eigenvalue weighted by molar-refractivity contribution is 0.00887. The summed E-state index contributed by atoms with van der Waals surface area (Å²) in [5, 5.41) is 0. The number of amides is 1. The van der Waals surface area contributed by atoms with E-state index >= 15 is 0 Å². The van der Waals surface area contributed by atoms with Crippen molar-refractivity contribution in [1.82, 2.24) is 5.48 Å². The number of ether oxygens (including phenoxy) is 2. The van der Waals surface area contributed by atoms with Crippen LogP contribution in [0.2, 0.25) is 0 Å². The van der Waals surface area contributed by atoms with Crippen LogP contribution in [-0.4, -0.2) is 32.8 Å². The van der Waals surface area contributed by atoms with Gasteiger partial charge < -0.3 is 9.47 Å². The average Bonchev–Trinajstić information content (AvgIpc) is 2.41. The van der Waals surface area contributed by atoms with E-state index in [1.807, 2.05) is 13.0 Å². The van der Waals surface area contributed by atoms with Crippen LogP contribution in [0.25, 0.3) is 0 Å². The first-order valence-electron chi connectivity index (χ1n) is 5.92. The van der Waals surface area contributed by atoms with Crippen molar-refractivity contribution >= 4 is 5.91 Å². The number of hydrogen-bond donors (Lipinski definition) is 1. The molecule has 0 bridgehead atoms. The summed E-state index contributed by atoms with van der Waals surface area (Å²) < 4.78 is 10.2. The highest BCUT2D eigenvalue weighted by molar-refractivity contribution is 5.93. The highest BCUT2D eigenvalue weighted by Crippen LogP contribution is 2.13. The molecular formula is C13H19NO4. The first-order chi connectivity index (χ1) is 8.77. The molecule has 0 aliphatic heterocycles. The van der Waals surface area contributed by atoms with Crippen molar-refractivity contribution < 1.29 is 19.1 Å². The molecule has 5 heteroatoms. The second-order valence-electron chi connectivity index (χ2n) is 3.65. The molecule has 0 aliphatic rings. The molecule has 18 heavy (non-hydrogen) atoms. The molecule has 0 aliphatic carbocycles. The Balaban J connectivity index is 2.46. The lowest BCUT2D eigenvalue weighted by atomic mass is 10.2. The maximum atomic E-state index is 11.7. The third-order valence-electron chi connectivity index (χ3n) is 2.12. The van der Waals surface area contributed by atoms with Gasteiger partial charge in [0.2, 0.25) is 0 Å². The Labute approximate surface area is 107 Å². The van der Waals surface area contributed by atoms with E-state index in [9.17, 15) is 4.79 Å². The van der Waals surface area contributed by atoms with Gasteiger partial charge in [-0.3, -0.25) is 9.63 Å². The number of carbonyl (C=O) groups is 1. The van der Waals surface area contributed by atoms with Crippen molar-refractivity contribution in [2.45, 2.75) is 13.3 Å².